The Morgan fingerprint density at radius 3 is 3.03 bits per heavy atom. The van der Waals surface area contributed by atoms with Crippen LogP contribution in [0.2, 0.25) is 0 Å². The number of rotatable bonds is 10. The molecule has 162 valence electrons. The van der Waals surface area contributed by atoms with Gasteiger partial charge in [0.2, 0.25) is 0 Å². The number of aryl methyl sites for hydroxylation is 1. The Kier molecular flexibility index (Phi) is 10.8. The van der Waals surface area contributed by atoms with E-state index in [0.29, 0.717) is 5.92 Å². The lowest BCUT2D eigenvalue weighted by Crippen LogP contribution is -2.38. The van der Waals surface area contributed by atoms with Crippen molar-refractivity contribution >= 4 is 40.8 Å². The summed E-state index contributed by atoms with van der Waals surface area (Å²) in [5.41, 5.74) is 3.86. The highest BCUT2D eigenvalue weighted by Crippen LogP contribution is 2.21. The highest BCUT2D eigenvalue weighted by Gasteiger charge is 2.15. The van der Waals surface area contributed by atoms with Gasteiger partial charge in [0.15, 0.2) is 5.96 Å². The zero-order valence-electron chi connectivity index (χ0n) is 17.6. The van der Waals surface area contributed by atoms with Crippen LogP contribution in [0, 0.1) is 12.8 Å². The SMILES string of the molecule is CCNC(=NCCCOCC1CCOC1)NCCc1c[nH]c2c(C)cccc12.I. The van der Waals surface area contributed by atoms with E-state index in [-0.39, 0.29) is 24.0 Å². The molecule has 0 amide bonds. The van der Waals surface area contributed by atoms with Crippen LogP contribution in [0.15, 0.2) is 29.4 Å². The van der Waals surface area contributed by atoms with Crippen molar-refractivity contribution in [2.45, 2.75) is 33.1 Å². The van der Waals surface area contributed by atoms with E-state index in [2.05, 4.69) is 58.9 Å². The number of aromatic nitrogens is 1. The third kappa shape index (κ3) is 7.46. The van der Waals surface area contributed by atoms with E-state index in [9.17, 15) is 0 Å². The molecule has 0 bridgehead atoms. The van der Waals surface area contributed by atoms with Gasteiger partial charge in [-0.2, -0.15) is 0 Å². The minimum atomic E-state index is 0. The number of fused-ring (bicyclic) bond motifs is 1. The van der Waals surface area contributed by atoms with E-state index in [1.54, 1.807) is 0 Å². The number of H-pyrrole nitrogens is 1. The molecule has 1 atom stereocenters. The molecule has 0 spiro atoms. The number of ether oxygens (including phenoxy) is 2. The standard InChI is InChI=1S/C22H34N4O2.HI/c1-3-23-22(24-10-5-12-27-15-18-9-13-28-16-18)25-11-8-19-14-26-21-17(2)6-4-7-20(19)21;/h4,6-7,14,18,26H,3,5,8-13,15-16H2,1-2H3,(H2,23,24,25);1H. The fourth-order valence-corrected chi connectivity index (χ4v) is 3.55. The number of aliphatic imine (C=N–C) groups is 1. The van der Waals surface area contributed by atoms with Gasteiger partial charge in [0.05, 0.1) is 13.2 Å². The number of nitrogens with one attached hydrogen (secondary N) is 3. The van der Waals surface area contributed by atoms with E-state index in [4.69, 9.17) is 9.47 Å². The Morgan fingerprint density at radius 1 is 1.34 bits per heavy atom. The first-order chi connectivity index (χ1) is 13.8. The molecule has 2 aromatic rings. The van der Waals surface area contributed by atoms with Gasteiger partial charge in [0, 0.05) is 55.9 Å². The largest absolute Gasteiger partial charge is 0.381 e. The molecule has 7 heteroatoms. The maximum atomic E-state index is 5.75. The topological polar surface area (TPSA) is 70.7 Å². The molecular formula is C22H35IN4O2. The first-order valence-corrected chi connectivity index (χ1v) is 10.5. The predicted octanol–water partition coefficient (Wildman–Crippen LogP) is 3.64. The number of aromatic amines is 1. The smallest absolute Gasteiger partial charge is 0.191 e. The second-order valence-electron chi connectivity index (χ2n) is 7.41. The number of halogens is 1. The first-order valence-electron chi connectivity index (χ1n) is 10.5. The van der Waals surface area contributed by atoms with Gasteiger partial charge in [-0.25, -0.2) is 0 Å². The Hall–Kier alpha value is -1.32. The molecule has 0 aliphatic carbocycles. The molecule has 3 N–H and O–H groups in total. The lowest BCUT2D eigenvalue weighted by Gasteiger charge is -2.11. The molecule has 1 aliphatic rings. The third-order valence-electron chi connectivity index (χ3n) is 5.13. The molecule has 1 fully saturated rings. The zero-order valence-corrected chi connectivity index (χ0v) is 20.0. The Morgan fingerprint density at radius 2 is 2.24 bits per heavy atom. The van der Waals surface area contributed by atoms with Crippen molar-refractivity contribution in [2.24, 2.45) is 10.9 Å². The van der Waals surface area contributed by atoms with E-state index in [1.165, 1.54) is 22.0 Å². The van der Waals surface area contributed by atoms with Crippen LogP contribution in [0.5, 0.6) is 0 Å². The quantitative estimate of drug-likeness (QED) is 0.196. The van der Waals surface area contributed by atoms with Gasteiger partial charge in [-0.1, -0.05) is 18.2 Å². The van der Waals surface area contributed by atoms with Crippen molar-refractivity contribution in [3.63, 3.8) is 0 Å². The molecule has 3 rings (SSSR count). The summed E-state index contributed by atoms with van der Waals surface area (Å²) in [6.07, 6.45) is 5.14. The Bertz CT molecular complexity index is 756. The molecule has 6 nitrogen and oxygen atoms in total. The van der Waals surface area contributed by atoms with Crippen molar-refractivity contribution in [1.82, 2.24) is 15.6 Å². The number of para-hydroxylation sites is 1. The monoisotopic (exact) mass is 514 g/mol. The van der Waals surface area contributed by atoms with Gasteiger partial charge in [-0.15, -0.1) is 24.0 Å². The fourth-order valence-electron chi connectivity index (χ4n) is 3.55. The molecule has 1 unspecified atom stereocenters. The molecule has 0 radical (unpaired) electrons. The minimum Gasteiger partial charge on any atom is -0.381 e. The molecule has 1 aromatic carbocycles. The van der Waals surface area contributed by atoms with Gasteiger partial charge < -0.3 is 25.1 Å². The second kappa shape index (κ2) is 13.1. The highest BCUT2D eigenvalue weighted by atomic mass is 127. The molecule has 1 aliphatic heterocycles. The van der Waals surface area contributed by atoms with Crippen molar-refractivity contribution in [2.75, 3.05) is 46.1 Å². The van der Waals surface area contributed by atoms with Crippen molar-refractivity contribution < 1.29 is 9.47 Å². The van der Waals surface area contributed by atoms with E-state index in [0.717, 1.165) is 71.3 Å². The van der Waals surface area contributed by atoms with Gasteiger partial charge in [0.25, 0.3) is 0 Å². The zero-order chi connectivity index (χ0) is 19.6. The average Bonchev–Trinajstić information content (AvgIpc) is 3.35. The van der Waals surface area contributed by atoms with Crippen molar-refractivity contribution in [3.8, 4) is 0 Å². The predicted molar refractivity (Wildman–Crippen MR) is 130 cm³/mol. The summed E-state index contributed by atoms with van der Waals surface area (Å²) in [5.74, 6) is 1.46. The van der Waals surface area contributed by atoms with Gasteiger partial charge in [0.1, 0.15) is 0 Å². The van der Waals surface area contributed by atoms with Crippen LogP contribution >= 0.6 is 24.0 Å². The van der Waals surface area contributed by atoms with Gasteiger partial charge >= 0.3 is 0 Å². The van der Waals surface area contributed by atoms with E-state index in [1.807, 2.05) is 0 Å². The summed E-state index contributed by atoms with van der Waals surface area (Å²) >= 11 is 0. The molecule has 1 saturated heterocycles. The van der Waals surface area contributed by atoms with E-state index < -0.39 is 0 Å². The van der Waals surface area contributed by atoms with Crippen LogP contribution in [0.1, 0.15) is 30.9 Å². The molecule has 1 aromatic heterocycles. The maximum absolute atomic E-state index is 5.75. The van der Waals surface area contributed by atoms with Crippen LogP contribution in [0.4, 0.5) is 0 Å². The van der Waals surface area contributed by atoms with Crippen molar-refractivity contribution in [3.05, 3.63) is 35.5 Å². The summed E-state index contributed by atoms with van der Waals surface area (Å²) in [4.78, 5) is 8.06. The normalized spacial score (nSPS) is 16.8. The third-order valence-corrected chi connectivity index (χ3v) is 5.13. The lowest BCUT2D eigenvalue weighted by atomic mass is 10.1. The van der Waals surface area contributed by atoms with Crippen molar-refractivity contribution in [1.29, 1.82) is 0 Å². The summed E-state index contributed by atoms with van der Waals surface area (Å²) < 4.78 is 11.1. The highest BCUT2D eigenvalue weighted by molar-refractivity contribution is 14.0. The number of hydrogen-bond donors (Lipinski definition) is 3. The number of nitrogens with zero attached hydrogens (tertiary/aromatic N) is 1. The molecule has 29 heavy (non-hydrogen) atoms. The van der Waals surface area contributed by atoms with Gasteiger partial charge in [-0.05, 0) is 44.2 Å². The first kappa shape index (κ1) is 24.0. The minimum absolute atomic E-state index is 0. The number of benzene rings is 1. The second-order valence-corrected chi connectivity index (χ2v) is 7.41. The molecular weight excluding hydrogens is 479 g/mol. The average molecular weight is 514 g/mol. The maximum Gasteiger partial charge on any atom is 0.191 e. The Labute approximate surface area is 191 Å². The Balaban J connectivity index is 0.00000300. The fraction of sp³-hybridized carbons (Fsp3) is 0.591. The lowest BCUT2D eigenvalue weighted by molar-refractivity contribution is 0.0893. The summed E-state index contributed by atoms with van der Waals surface area (Å²) in [6.45, 7) is 10.0. The molecule has 2 heterocycles. The van der Waals surface area contributed by atoms with Crippen LogP contribution < -0.4 is 10.6 Å². The van der Waals surface area contributed by atoms with Crippen LogP contribution in [-0.2, 0) is 15.9 Å². The summed E-state index contributed by atoms with van der Waals surface area (Å²) in [6, 6.07) is 6.45. The van der Waals surface area contributed by atoms with Crippen LogP contribution in [0.25, 0.3) is 10.9 Å². The van der Waals surface area contributed by atoms with E-state index >= 15 is 0 Å². The van der Waals surface area contributed by atoms with Crippen LogP contribution in [-0.4, -0.2) is 57.0 Å². The van der Waals surface area contributed by atoms with Gasteiger partial charge in [-0.3, -0.25) is 4.99 Å². The van der Waals surface area contributed by atoms with Crippen LogP contribution in [0.3, 0.4) is 0 Å². The molecule has 0 saturated carbocycles. The number of guanidine groups is 1. The summed E-state index contributed by atoms with van der Waals surface area (Å²) in [5, 5.41) is 8.07. The number of hydrogen-bond acceptors (Lipinski definition) is 3. The summed E-state index contributed by atoms with van der Waals surface area (Å²) in [7, 11) is 0.